The molecule has 0 spiro atoms. The molecule has 1 aliphatic heterocycles. The van der Waals surface area contributed by atoms with Gasteiger partial charge in [-0.2, -0.15) is 0 Å². The number of benzene rings is 1. The van der Waals surface area contributed by atoms with Crippen molar-refractivity contribution in [3.63, 3.8) is 0 Å². The van der Waals surface area contributed by atoms with E-state index in [1.165, 1.54) is 0 Å². The minimum absolute atomic E-state index is 0.383. The summed E-state index contributed by atoms with van der Waals surface area (Å²) in [6.45, 7) is 7.18. The Balaban J connectivity index is 1.86. The summed E-state index contributed by atoms with van der Waals surface area (Å²) in [4.78, 5) is 5.21. The topological polar surface area (TPSA) is 41.7 Å². The van der Waals surface area contributed by atoms with Crippen LogP contribution in [-0.2, 0) is 0 Å². The number of likely N-dealkylation sites (N-methyl/N-ethyl adjacent to an activating group) is 1. The Labute approximate surface area is 126 Å². The van der Waals surface area contributed by atoms with Crippen LogP contribution in [0, 0.1) is 0 Å². The Bertz CT molecular complexity index is 466. The van der Waals surface area contributed by atoms with E-state index in [4.69, 9.17) is 22.7 Å². The average molecular weight is 293 g/mol. The molecule has 0 bridgehead atoms. The van der Waals surface area contributed by atoms with Gasteiger partial charge in [-0.3, -0.25) is 4.90 Å². The summed E-state index contributed by atoms with van der Waals surface area (Å²) < 4.78 is 5.85. The summed E-state index contributed by atoms with van der Waals surface area (Å²) in [7, 11) is 2.17. The number of para-hydroxylation sites is 1. The lowest BCUT2D eigenvalue weighted by Crippen LogP contribution is -2.51. The molecule has 1 aromatic rings. The molecular weight excluding hydrogens is 270 g/mol. The first-order valence-electron chi connectivity index (χ1n) is 7.02. The molecule has 2 N–H and O–H groups in total. The quantitative estimate of drug-likeness (QED) is 0.830. The Kier molecular flexibility index (Phi) is 5.34. The minimum atomic E-state index is 0.383. The second-order valence-corrected chi connectivity index (χ2v) is 5.80. The Morgan fingerprint density at radius 3 is 2.85 bits per heavy atom. The van der Waals surface area contributed by atoms with Gasteiger partial charge in [-0.25, -0.2) is 0 Å². The third-order valence-electron chi connectivity index (χ3n) is 3.76. The number of nitrogens with zero attached hydrogens (tertiary/aromatic N) is 2. The number of nitrogens with two attached hydrogens (primary N) is 1. The molecule has 110 valence electrons. The van der Waals surface area contributed by atoms with Gasteiger partial charge in [0, 0.05) is 32.2 Å². The molecule has 0 radical (unpaired) electrons. The van der Waals surface area contributed by atoms with Gasteiger partial charge < -0.3 is 15.4 Å². The fourth-order valence-electron chi connectivity index (χ4n) is 2.58. The fraction of sp³-hybridized carbons (Fsp3) is 0.533. The number of hydrogen-bond acceptors (Lipinski definition) is 4. The van der Waals surface area contributed by atoms with Crippen LogP contribution in [0.15, 0.2) is 24.3 Å². The highest BCUT2D eigenvalue weighted by molar-refractivity contribution is 7.80. The lowest BCUT2D eigenvalue weighted by Gasteiger charge is -2.38. The van der Waals surface area contributed by atoms with Crippen LogP contribution in [0.5, 0.6) is 5.75 Å². The molecule has 1 unspecified atom stereocenters. The van der Waals surface area contributed by atoms with Crippen molar-refractivity contribution in [2.45, 2.75) is 13.0 Å². The maximum absolute atomic E-state index is 5.85. The third kappa shape index (κ3) is 3.91. The molecule has 1 heterocycles. The van der Waals surface area contributed by atoms with Crippen molar-refractivity contribution in [2.75, 3.05) is 39.8 Å². The van der Waals surface area contributed by atoms with Crippen molar-refractivity contribution in [1.82, 2.24) is 9.80 Å². The SMILES string of the molecule is CC1CN(C)CCN1CCOc1ccccc1C(N)=S. The van der Waals surface area contributed by atoms with Crippen LogP contribution in [-0.4, -0.2) is 60.7 Å². The van der Waals surface area contributed by atoms with Gasteiger partial charge in [0.25, 0.3) is 0 Å². The standard InChI is InChI=1S/C15H23N3OS/c1-12-11-17(2)7-8-18(12)9-10-19-14-6-4-3-5-13(14)15(16)20/h3-6,12H,7-11H2,1-2H3,(H2,16,20). The summed E-state index contributed by atoms with van der Waals surface area (Å²) in [5.74, 6) is 0.779. The largest absolute Gasteiger partial charge is 0.492 e. The molecule has 1 aromatic carbocycles. The zero-order valence-electron chi connectivity index (χ0n) is 12.2. The first-order chi connectivity index (χ1) is 9.58. The Hall–Kier alpha value is -1.17. The van der Waals surface area contributed by atoms with Crippen molar-refractivity contribution >= 4 is 17.2 Å². The lowest BCUT2D eigenvalue weighted by atomic mass is 10.2. The monoisotopic (exact) mass is 293 g/mol. The van der Waals surface area contributed by atoms with E-state index in [9.17, 15) is 0 Å². The third-order valence-corrected chi connectivity index (χ3v) is 3.98. The number of thiocarbonyl (C=S) groups is 1. The Morgan fingerprint density at radius 1 is 1.40 bits per heavy atom. The molecule has 0 saturated carbocycles. The van der Waals surface area contributed by atoms with E-state index >= 15 is 0 Å². The van der Waals surface area contributed by atoms with Crippen molar-refractivity contribution in [1.29, 1.82) is 0 Å². The van der Waals surface area contributed by atoms with Crippen LogP contribution >= 0.6 is 12.2 Å². The van der Waals surface area contributed by atoms with Gasteiger partial charge in [0.2, 0.25) is 0 Å². The van der Waals surface area contributed by atoms with Crippen LogP contribution in [0.25, 0.3) is 0 Å². The molecule has 1 aliphatic rings. The van der Waals surface area contributed by atoms with Crippen molar-refractivity contribution in [3.8, 4) is 5.75 Å². The van der Waals surface area contributed by atoms with E-state index in [0.717, 1.165) is 37.5 Å². The van der Waals surface area contributed by atoms with Crippen LogP contribution in [0.1, 0.15) is 12.5 Å². The maximum Gasteiger partial charge on any atom is 0.129 e. The fourth-order valence-corrected chi connectivity index (χ4v) is 2.75. The van der Waals surface area contributed by atoms with Crippen LogP contribution in [0.3, 0.4) is 0 Å². The molecule has 0 aliphatic carbocycles. The molecule has 1 atom stereocenters. The summed E-state index contributed by atoms with van der Waals surface area (Å²) in [6, 6.07) is 8.25. The van der Waals surface area contributed by atoms with Crippen molar-refractivity contribution in [2.24, 2.45) is 5.73 Å². The highest BCUT2D eigenvalue weighted by Crippen LogP contribution is 2.18. The zero-order valence-corrected chi connectivity index (χ0v) is 13.0. The number of hydrogen-bond donors (Lipinski definition) is 1. The number of rotatable bonds is 5. The Morgan fingerprint density at radius 2 is 2.15 bits per heavy atom. The van der Waals surface area contributed by atoms with Crippen molar-refractivity contribution < 1.29 is 4.74 Å². The van der Waals surface area contributed by atoms with Gasteiger partial charge >= 0.3 is 0 Å². The minimum Gasteiger partial charge on any atom is -0.492 e. The molecular formula is C15H23N3OS. The first kappa shape index (κ1) is 15.2. The van der Waals surface area contributed by atoms with E-state index in [2.05, 4.69) is 23.8 Å². The molecule has 2 rings (SSSR count). The van der Waals surface area contributed by atoms with E-state index in [0.29, 0.717) is 17.6 Å². The molecule has 20 heavy (non-hydrogen) atoms. The maximum atomic E-state index is 5.85. The lowest BCUT2D eigenvalue weighted by molar-refractivity contribution is 0.0858. The first-order valence-corrected chi connectivity index (χ1v) is 7.43. The van der Waals surface area contributed by atoms with Gasteiger partial charge in [0.05, 0.1) is 5.56 Å². The van der Waals surface area contributed by atoms with Crippen LogP contribution in [0.2, 0.25) is 0 Å². The average Bonchev–Trinajstić information content (AvgIpc) is 2.41. The van der Waals surface area contributed by atoms with Crippen LogP contribution in [0.4, 0.5) is 0 Å². The van der Waals surface area contributed by atoms with Gasteiger partial charge in [-0.05, 0) is 26.1 Å². The normalized spacial score (nSPS) is 20.8. The summed E-state index contributed by atoms with van der Waals surface area (Å²) in [6.07, 6.45) is 0. The second kappa shape index (κ2) is 7.02. The molecule has 4 nitrogen and oxygen atoms in total. The predicted molar refractivity (Wildman–Crippen MR) is 86.4 cm³/mol. The molecule has 1 saturated heterocycles. The van der Waals surface area contributed by atoms with Crippen molar-refractivity contribution in [3.05, 3.63) is 29.8 Å². The summed E-state index contributed by atoms with van der Waals surface area (Å²) >= 11 is 5.04. The van der Waals surface area contributed by atoms with E-state index in [1.807, 2.05) is 24.3 Å². The molecule has 1 fully saturated rings. The highest BCUT2D eigenvalue weighted by Gasteiger charge is 2.20. The second-order valence-electron chi connectivity index (χ2n) is 5.36. The smallest absolute Gasteiger partial charge is 0.129 e. The predicted octanol–water partition coefficient (Wildman–Crippen LogP) is 1.34. The van der Waals surface area contributed by atoms with E-state index in [1.54, 1.807) is 0 Å². The summed E-state index contributed by atoms with van der Waals surface area (Å²) in [5.41, 5.74) is 6.52. The molecule has 0 amide bonds. The molecule has 0 aromatic heterocycles. The van der Waals surface area contributed by atoms with E-state index in [-0.39, 0.29) is 0 Å². The molecule has 5 heteroatoms. The number of piperazine rings is 1. The van der Waals surface area contributed by atoms with Gasteiger partial charge in [-0.1, -0.05) is 24.4 Å². The van der Waals surface area contributed by atoms with Gasteiger partial charge in [-0.15, -0.1) is 0 Å². The van der Waals surface area contributed by atoms with E-state index < -0.39 is 0 Å². The highest BCUT2D eigenvalue weighted by atomic mass is 32.1. The zero-order chi connectivity index (χ0) is 14.5. The number of ether oxygens (including phenoxy) is 1. The van der Waals surface area contributed by atoms with Gasteiger partial charge in [0.1, 0.15) is 17.3 Å². The summed E-state index contributed by atoms with van der Waals surface area (Å²) in [5, 5.41) is 0. The van der Waals surface area contributed by atoms with Gasteiger partial charge in [0.15, 0.2) is 0 Å². The van der Waals surface area contributed by atoms with Crippen LogP contribution < -0.4 is 10.5 Å².